The summed E-state index contributed by atoms with van der Waals surface area (Å²) in [5.41, 5.74) is 6.53. The van der Waals surface area contributed by atoms with Gasteiger partial charge in [-0.1, -0.05) is 11.6 Å². The predicted molar refractivity (Wildman–Crippen MR) is 54.4 cm³/mol. The van der Waals surface area contributed by atoms with Crippen molar-refractivity contribution in [1.82, 2.24) is 4.98 Å². The topological polar surface area (TPSA) is 88.2 Å². The number of aliphatic carboxylic acids is 1. The van der Waals surface area contributed by atoms with Crippen molar-refractivity contribution in [2.24, 2.45) is 0 Å². The van der Waals surface area contributed by atoms with Gasteiger partial charge >= 0.3 is 5.97 Å². The summed E-state index contributed by atoms with van der Waals surface area (Å²) in [6, 6.07) is 1.64. The molecule has 1 aromatic rings. The maximum absolute atomic E-state index is 10.2. The Hall–Kier alpha value is -1.49. The summed E-state index contributed by atoms with van der Waals surface area (Å²) in [5, 5.41) is 11.5. The Morgan fingerprint density at radius 1 is 1.71 bits per heavy atom. The lowest BCUT2D eigenvalue weighted by atomic mass is 10.3. The van der Waals surface area contributed by atoms with E-state index in [4.69, 9.17) is 22.4 Å². The first-order valence-electron chi connectivity index (χ1n) is 3.97. The fraction of sp³-hybridized carbons (Fsp3) is 0.250. The first-order valence-corrected chi connectivity index (χ1v) is 4.34. The summed E-state index contributed by atoms with van der Waals surface area (Å²) in [6.07, 6.45) is 1.53. The van der Waals surface area contributed by atoms with Crippen LogP contribution in [-0.2, 0) is 4.79 Å². The van der Waals surface area contributed by atoms with Crippen LogP contribution in [0.25, 0.3) is 0 Å². The molecule has 0 spiro atoms. The fourth-order valence-corrected chi connectivity index (χ4v) is 1.06. The number of rotatable bonds is 4. The third kappa shape index (κ3) is 2.77. The number of nitrogens with two attached hydrogens (primary N) is 1. The average Bonchev–Trinajstić information content (AvgIpc) is 2.12. The summed E-state index contributed by atoms with van der Waals surface area (Å²) in [7, 11) is 0. The van der Waals surface area contributed by atoms with Gasteiger partial charge in [-0.25, -0.2) is 4.98 Å². The third-order valence-electron chi connectivity index (χ3n) is 1.60. The summed E-state index contributed by atoms with van der Waals surface area (Å²) in [4.78, 5) is 14.0. The zero-order valence-corrected chi connectivity index (χ0v) is 8.08. The second-order valence-corrected chi connectivity index (χ2v) is 2.99. The highest BCUT2D eigenvalue weighted by Gasteiger charge is 2.03. The van der Waals surface area contributed by atoms with E-state index in [0.29, 0.717) is 17.9 Å². The van der Waals surface area contributed by atoms with Gasteiger partial charge in [-0.3, -0.25) is 4.79 Å². The van der Waals surface area contributed by atoms with E-state index in [1.807, 2.05) is 0 Å². The molecule has 0 aromatic carbocycles. The Morgan fingerprint density at radius 3 is 3.07 bits per heavy atom. The Balaban J connectivity index is 2.59. The average molecular weight is 216 g/mol. The molecule has 0 aliphatic carbocycles. The Morgan fingerprint density at radius 2 is 2.43 bits per heavy atom. The third-order valence-corrected chi connectivity index (χ3v) is 1.90. The molecule has 0 fully saturated rings. The molecule has 0 radical (unpaired) electrons. The molecule has 0 atom stereocenters. The molecule has 1 aromatic heterocycles. The number of hydrogen-bond acceptors (Lipinski definition) is 4. The highest BCUT2D eigenvalue weighted by molar-refractivity contribution is 6.32. The van der Waals surface area contributed by atoms with E-state index in [1.165, 1.54) is 6.20 Å². The van der Waals surface area contributed by atoms with Crippen molar-refractivity contribution in [2.75, 3.05) is 17.6 Å². The van der Waals surface area contributed by atoms with E-state index >= 15 is 0 Å². The molecule has 0 bridgehead atoms. The molecule has 0 unspecified atom stereocenters. The number of aromatic nitrogens is 1. The minimum absolute atomic E-state index is 0.0272. The lowest BCUT2D eigenvalue weighted by molar-refractivity contribution is -0.136. The maximum Gasteiger partial charge on any atom is 0.305 e. The van der Waals surface area contributed by atoms with Gasteiger partial charge in [-0.15, -0.1) is 0 Å². The van der Waals surface area contributed by atoms with Crippen LogP contribution in [-0.4, -0.2) is 22.6 Å². The van der Waals surface area contributed by atoms with Crippen LogP contribution in [0.2, 0.25) is 5.15 Å². The molecule has 4 N–H and O–H groups in total. The Labute approximate surface area is 85.9 Å². The molecule has 5 nitrogen and oxygen atoms in total. The molecule has 0 amide bonds. The molecule has 76 valence electrons. The van der Waals surface area contributed by atoms with Crippen molar-refractivity contribution < 1.29 is 9.90 Å². The van der Waals surface area contributed by atoms with Crippen LogP contribution in [0.5, 0.6) is 0 Å². The summed E-state index contributed by atoms with van der Waals surface area (Å²) >= 11 is 5.66. The van der Waals surface area contributed by atoms with Gasteiger partial charge in [-0.05, 0) is 6.07 Å². The number of nitrogens with one attached hydrogen (secondary N) is 1. The van der Waals surface area contributed by atoms with Crippen LogP contribution in [0.1, 0.15) is 6.42 Å². The fourth-order valence-electron chi connectivity index (χ4n) is 0.906. The minimum atomic E-state index is -0.865. The van der Waals surface area contributed by atoms with Crippen LogP contribution < -0.4 is 11.1 Å². The normalized spacial score (nSPS) is 9.79. The van der Waals surface area contributed by atoms with Crippen molar-refractivity contribution in [1.29, 1.82) is 0 Å². The van der Waals surface area contributed by atoms with Crippen LogP contribution in [0.3, 0.4) is 0 Å². The number of carboxylic acids is 1. The highest BCUT2D eigenvalue weighted by Crippen LogP contribution is 2.23. The van der Waals surface area contributed by atoms with Crippen LogP contribution in [0, 0.1) is 0 Å². The lowest BCUT2D eigenvalue weighted by Crippen LogP contribution is -2.09. The van der Waals surface area contributed by atoms with Gasteiger partial charge in [0, 0.05) is 12.7 Å². The number of hydrogen-bond donors (Lipinski definition) is 3. The van der Waals surface area contributed by atoms with Crippen molar-refractivity contribution in [3.63, 3.8) is 0 Å². The minimum Gasteiger partial charge on any atom is -0.481 e. The largest absolute Gasteiger partial charge is 0.481 e. The maximum atomic E-state index is 10.2. The molecule has 1 rings (SSSR count). The van der Waals surface area contributed by atoms with Crippen molar-refractivity contribution in [2.45, 2.75) is 6.42 Å². The van der Waals surface area contributed by atoms with Gasteiger partial charge in [-0.2, -0.15) is 0 Å². The molecule has 14 heavy (non-hydrogen) atoms. The molecule has 0 saturated carbocycles. The molecular weight excluding hydrogens is 206 g/mol. The van der Waals surface area contributed by atoms with E-state index in [-0.39, 0.29) is 11.6 Å². The molecule has 1 heterocycles. The van der Waals surface area contributed by atoms with Gasteiger partial charge < -0.3 is 16.2 Å². The monoisotopic (exact) mass is 215 g/mol. The molecular formula is C8H10ClN3O2. The van der Waals surface area contributed by atoms with Crippen LogP contribution in [0.15, 0.2) is 12.3 Å². The van der Waals surface area contributed by atoms with E-state index in [9.17, 15) is 4.79 Å². The summed E-state index contributed by atoms with van der Waals surface area (Å²) in [5.74, 6) is -0.865. The zero-order chi connectivity index (χ0) is 10.6. The first kappa shape index (κ1) is 10.6. The standard InChI is InChI=1S/C8H10ClN3O2/c9-8-7(10)5(1-3-12-8)11-4-2-6(13)14/h1,3H,2,4,10H2,(H,11,12)(H,13,14). The number of carboxylic acid groups (broad SMARTS) is 1. The van der Waals surface area contributed by atoms with Gasteiger partial charge in [0.1, 0.15) is 0 Å². The molecule has 0 aliphatic rings. The molecule has 6 heteroatoms. The number of nitrogens with zero attached hydrogens (tertiary/aromatic N) is 1. The van der Waals surface area contributed by atoms with E-state index in [0.717, 1.165) is 0 Å². The van der Waals surface area contributed by atoms with E-state index in [1.54, 1.807) is 6.07 Å². The van der Waals surface area contributed by atoms with Gasteiger partial charge in [0.25, 0.3) is 0 Å². The number of anilines is 2. The Bertz CT molecular complexity index is 343. The van der Waals surface area contributed by atoms with Crippen molar-refractivity contribution in [3.05, 3.63) is 17.4 Å². The predicted octanol–water partition coefficient (Wildman–Crippen LogP) is 1.20. The SMILES string of the molecule is Nc1c(NCCC(=O)O)ccnc1Cl. The smallest absolute Gasteiger partial charge is 0.305 e. The van der Waals surface area contributed by atoms with Gasteiger partial charge in [0.15, 0.2) is 5.15 Å². The van der Waals surface area contributed by atoms with E-state index in [2.05, 4.69) is 10.3 Å². The number of halogens is 1. The van der Waals surface area contributed by atoms with E-state index < -0.39 is 5.97 Å². The number of nitrogen functional groups attached to an aromatic ring is 1. The van der Waals surface area contributed by atoms with Crippen LogP contribution >= 0.6 is 11.6 Å². The van der Waals surface area contributed by atoms with Crippen LogP contribution in [0.4, 0.5) is 11.4 Å². The zero-order valence-electron chi connectivity index (χ0n) is 7.33. The van der Waals surface area contributed by atoms with Crippen molar-refractivity contribution in [3.8, 4) is 0 Å². The lowest BCUT2D eigenvalue weighted by Gasteiger charge is -2.07. The van der Waals surface area contributed by atoms with Gasteiger partial charge in [0.05, 0.1) is 17.8 Å². The number of pyridine rings is 1. The Kier molecular flexibility index (Phi) is 3.53. The number of carbonyl (C=O) groups is 1. The summed E-state index contributed by atoms with van der Waals surface area (Å²) in [6.45, 7) is 0.305. The van der Waals surface area contributed by atoms with Gasteiger partial charge in [0.2, 0.25) is 0 Å². The molecule has 0 aliphatic heterocycles. The second kappa shape index (κ2) is 4.66. The quantitative estimate of drug-likeness (QED) is 0.657. The van der Waals surface area contributed by atoms with Crippen molar-refractivity contribution >= 4 is 28.9 Å². The molecule has 0 saturated heterocycles. The second-order valence-electron chi connectivity index (χ2n) is 2.63. The summed E-state index contributed by atoms with van der Waals surface area (Å²) < 4.78 is 0. The highest BCUT2D eigenvalue weighted by atomic mass is 35.5. The first-order chi connectivity index (χ1) is 6.61.